The molecule has 2 saturated heterocycles. The number of carbonyl (C=O) groups is 2. The minimum atomic E-state index is -0.361. The van der Waals surface area contributed by atoms with Crippen LogP contribution in [-0.4, -0.2) is 42.4 Å². The van der Waals surface area contributed by atoms with Crippen molar-refractivity contribution in [2.45, 2.75) is 31.7 Å². The average Bonchev–Trinajstić information content (AvgIpc) is 2.78. The van der Waals surface area contributed by atoms with Crippen molar-refractivity contribution in [1.82, 2.24) is 10.2 Å². The average molecular weight is 262 g/mol. The van der Waals surface area contributed by atoms with Crippen molar-refractivity contribution in [3.63, 3.8) is 0 Å². The molecular formula is C11H20ClN3O2. The van der Waals surface area contributed by atoms with Crippen molar-refractivity contribution in [2.75, 3.05) is 19.6 Å². The molecule has 2 aliphatic heterocycles. The van der Waals surface area contributed by atoms with E-state index in [1.165, 1.54) is 0 Å². The summed E-state index contributed by atoms with van der Waals surface area (Å²) in [4.78, 5) is 25.1. The summed E-state index contributed by atoms with van der Waals surface area (Å²) < 4.78 is 0. The zero-order valence-corrected chi connectivity index (χ0v) is 10.7. The molecular weight excluding hydrogens is 242 g/mol. The van der Waals surface area contributed by atoms with Gasteiger partial charge < -0.3 is 16.0 Å². The molecule has 0 aliphatic carbocycles. The summed E-state index contributed by atoms with van der Waals surface area (Å²) in [5, 5.41) is 3.23. The van der Waals surface area contributed by atoms with Crippen LogP contribution in [0.5, 0.6) is 0 Å². The van der Waals surface area contributed by atoms with Crippen LogP contribution in [0.15, 0.2) is 0 Å². The van der Waals surface area contributed by atoms with Crippen molar-refractivity contribution in [1.29, 1.82) is 0 Å². The Balaban J connectivity index is 0.00000144. The molecule has 0 spiro atoms. The summed E-state index contributed by atoms with van der Waals surface area (Å²) in [6, 6.07) is -0.359. The highest BCUT2D eigenvalue weighted by Crippen LogP contribution is 2.23. The number of rotatable bonds is 2. The van der Waals surface area contributed by atoms with Crippen LogP contribution in [0.1, 0.15) is 25.7 Å². The fraction of sp³-hybridized carbons (Fsp3) is 0.818. The van der Waals surface area contributed by atoms with E-state index in [4.69, 9.17) is 5.73 Å². The summed E-state index contributed by atoms with van der Waals surface area (Å²) in [7, 11) is 0. The van der Waals surface area contributed by atoms with Crippen molar-refractivity contribution in [3.8, 4) is 0 Å². The van der Waals surface area contributed by atoms with E-state index in [0.717, 1.165) is 38.8 Å². The van der Waals surface area contributed by atoms with Crippen molar-refractivity contribution >= 4 is 24.2 Å². The molecule has 0 aromatic carbocycles. The number of primary amides is 1. The van der Waals surface area contributed by atoms with Crippen molar-refractivity contribution < 1.29 is 9.59 Å². The van der Waals surface area contributed by atoms with Gasteiger partial charge in [0, 0.05) is 12.5 Å². The van der Waals surface area contributed by atoms with Gasteiger partial charge >= 0.3 is 0 Å². The van der Waals surface area contributed by atoms with Gasteiger partial charge in [0.05, 0.1) is 0 Å². The topological polar surface area (TPSA) is 75.4 Å². The van der Waals surface area contributed by atoms with Crippen LogP contribution in [0.4, 0.5) is 0 Å². The van der Waals surface area contributed by atoms with Crippen LogP contribution in [0, 0.1) is 5.92 Å². The number of likely N-dealkylation sites (tertiary alicyclic amines) is 1. The number of halogens is 1. The molecule has 17 heavy (non-hydrogen) atoms. The van der Waals surface area contributed by atoms with Gasteiger partial charge in [0.1, 0.15) is 6.04 Å². The summed E-state index contributed by atoms with van der Waals surface area (Å²) in [5.74, 6) is -0.149. The van der Waals surface area contributed by atoms with E-state index in [0.29, 0.717) is 6.54 Å². The molecule has 1 atom stereocenters. The van der Waals surface area contributed by atoms with Gasteiger partial charge in [-0.15, -0.1) is 12.4 Å². The van der Waals surface area contributed by atoms with Crippen LogP contribution < -0.4 is 11.1 Å². The predicted molar refractivity (Wildman–Crippen MR) is 66.8 cm³/mol. The maximum absolute atomic E-state index is 12.2. The second-order valence-electron chi connectivity index (χ2n) is 4.62. The third kappa shape index (κ3) is 3.10. The largest absolute Gasteiger partial charge is 0.368 e. The van der Waals surface area contributed by atoms with Crippen LogP contribution in [-0.2, 0) is 9.59 Å². The van der Waals surface area contributed by atoms with Gasteiger partial charge in [-0.2, -0.15) is 0 Å². The number of nitrogens with one attached hydrogen (secondary N) is 1. The first-order valence-electron chi connectivity index (χ1n) is 6.00. The highest BCUT2D eigenvalue weighted by Gasteiger charge is 2.36. The van der Waals surface area contributed by atoms with Gasteiger partial charge in [0.25, 0.3) is 0 Å². The molecule has 5 nitrogen and oxygen atoms in total. The highest BCUT2D eigenvalue weighted by molar-refractivity contribution is 5.88. The van der Waals surface area contributed by atoms with E-state index in [2.05, 4.69) is 5.32 Å². The fourth-order valence-corrected chi connectivity index (χ4v) is 2.63. The van der Waals surface area contributed by atoms with E-state index in [9.17, 15) is 9.59 Å². The first kappa shape index (κ1) is 14.3. The third-order valence-electron chi connectivity index (χ3n) is 3.55. The lowest BCUT2D eigenvalue weighted by Gasteiger charge is -2.29. The van der Waals surface area contributed by atoms with Crippen molar-refractivity contribution in [2.24, 2.45) is 11.7 Å². The van der Waals surface area contributed by atoms with E-state index < -0.39 is 0 Å². The van der Waals surface area contributed by atoms with Gasteiger partial charge in [-0.1, -0.05) is 0 Å². The molecule has 0 aromatic heterocycles. The normalized spacial score (nSPS) is 25.4. The Bertz CT molecular complexity index is 292. The second-order valence-corrected chi connectivity index (χ2v) is 4.62. The molecule has 2 heterocycles. The van der Waals surface area contributed by atoms with Crippen LogP contribution >= 0.6 is 12.4 Å². The second kappa shape index (κ2) is 6.21. The number of nitrogens with two attached hydrogens (primary N) is 1. The van der Waals surface area contributed by atoms with E-state index in [1.54, 1.807) is 4.90 Å². The zero-order chi connectivity index (χ0) is 11.5. The van der Waals surface area contributed by atoms with Gasteiger partial charge in [0.15, 0.2) is 0 Å². The molecule has 0 bridgehead atoms. The number of piperidine rings is 1. The number of nitrogens with zero attached hydrogens (tertiary/aromatic N) is 1. The summed E-state index contributed by atoms with van der Waals surface area (Å²) >= 11 is 0. The molecule has 0 radical (unpaired) electrons. The first-order chi connectivity index (χ1) is 7.70. The molecule has 6 heteroatoms. The van der Waals surface area contributed by atoms with Gasteiger partial charge in [0.2, 0.25) is 11.8 Å². The minimum absolute atomic E-state index is 0. The first-order valence-corrected chi connectivity index (χ1v) is 6.00. The van der Waals surface area contributed by atoms with E-state index >= 15 is 0 Å². The fourth-order valence-electron chi connectivity index (χ4n) is 2.63. The Morgan fingerprint density at radius 1 is 1.18 bits per heavy atom. The van der Waals surface area contributed by atoms with Crippen LogP contribution in [0.2, 0.25) is 0 Å². The molecule has 3 N–H and O–H groups in total. The smallest absolute Gasteiger partial charge is 0.240 e. The van der Waals surface area contributed by atoms with Crippen LogP contribution in [0.25, 0.3) is 0 Å². The molecule has 0 saturated carbocycles. The Morgan fingerprint density at radius 2 is 1.82 bits per heavy atom. The summed E-state index contributed by atoms with van der Waals surface area (Å²) in [6.07, 6.45) is 3.37. The van der Waals surface area contributed by atoms with Gasteiger partial charge in [-0.05, 0) is 38.8 Å². The predicted octanol–water partition coefficient (Wildman–Crippen LogP) is -0.116. The molecule has 0 aromatic rings. The third-order valence-corrected chi connectivity index (χ3v) is 3.55. The molecule has 2 fully saturated rings. The monoisotopic (exact) mass is 261 g/mol. The zero-order valence-electron chi connectivity index (χ0n) is 9.85. The van der Waals surface area contributed by atoms with E-state index in [-0.39, 0.29) is 36.2 Å². The maximum atomic E-state index is 12.2. The molecule has 2 aliphatic rings. The molecule has 2 amide bonds. The SMILES string of the molecule is Cl.NC(=O)C1CCCN1C(=O)C1CCNCC1. The van der Waals surface area contributed by atoms with Crippen LogP contribution in [0.3, 0.4) is 0 Å². The van der Waals surface area contributed by atoms with Gasteiger partial charge in [-0.25, -0.2) is 0 Å². The Labute approximate surface area is 108 Å². The number of amides is 2. The maximum Gasteiger partial charge on any atom is 0.240 e. The summed E-state index contributed by atoms with van der Waals surface area (Å²) in [6.45, 7) is 2.48. The molecule has 1 unspecified atom stereocenters. The number of carbonyl (C=O) groups excluding carboxylic acids is 2. The van der Waals surface area contributed by atoms with Gasteiger partial charge in [-0.3, -0.25) is 9.59 Å². The lowest BCUT2D eigenvalue weighted by atomic mass is 9.96. The van der Waals surface area contributed by atoms with Crippen molar-refractivity contribution in [3.05, 3.63) is 0 Å². The quantitative estimate of drug-likeness (QED) is 0.728. The van der Waals surface area contributed by atoms with E-state index in [1.807, 2.05) is 0 Å². The standard InChI is InChI=1S/C11H19N3O2.ClH/c12-10(15)9-2-1-7-14(9)11(16)8-3-5-13-6-4-8;/h8-9,13H,1-7H2,(H2,12,15);1H. The number of hydrogen-bond acceptors (Lipinski definition) is 3. The Kier molecular flexibility index (Phi) is 5.21. The number of hydrogen-bond donors (Lipinski definition) is 2. The Hall–Kier alpha value is -0.810. The minimum Gasteiger partial charge on any atom is -0.368 e. The molecule has 98 valence electrons. The molecule has 2 rings (SSSR count). The summed E-state index contributed by atoms with van der Waals surface area (Å²) in [5.41, 5.74) is 5.31. The Morgan fingerprint density at radius 3 is 2.41 bits per heavy atom. The lowest BCUT2D eigenvalue weighted by molar-refractivity contribution is -0.141. The lowest BCUT2D eigenvalue weighted by Crippen LogP contribution is -2.47. The highest BCUT2D eigenvalue weighted by atomic mass is 35.5.